The van der Waals surface area contributed by atoms with Gasteiger partial charge in [0.1, 0.15) is 0 Å². The second kappa shape index (κ2) is 7.80. The zero-order valence-corrected chi connectivity index (χ0v) is 12.7. The molecule has 4 nitrogen and oxygen atoms in total. The molecule has 0 aliphatic carbocycles. The second-order valence-corrected chi connectivity index (χ2v) is 5.24. The zero-order chi connectivity index (χ0) is 15.5. The van der Waals surface area contributed by atoms with E-state index < -0.39 is 11.7 Å². The molecule has 8 heteroatoms. The molecule has 1 amide bonds. The number of nitrogens with zero attached hydrogens (tertiary/aromatic N) is 1. The smallest absolute Gasteiger partial charge is 0.328 e. The third-order valence-electron chi connectivity index (χ3n) is 3.50. The third kappa shape index (κ3) is 5.47. The number of nitrogens with two attached hydrogens (primary N) is 1. The molecule has 1 aliphatic rings. The molecular formula is C14H19ClF3N3O. The number of piperidine rings is 1. The number of carbonyl (C=O) groups is 1. The molecule has 2 rings (SSSR count). The minimum atomic E-state index is -4.37. The van der Waals surface area contributed by atoms with Gasteiger partial charge in [0, 0.05) is 24.8 Å². The van der Waals surface area contributed by atoms with Crippen molar-refractivity contribution in [3.8, 4) is 0 Å². The maximum atomic E-state index is 12.4. The molecule has 1 aliphatic heterocycles. The lowest BCUT2D eigenvalue weighted by Crippen LogP contribution is -2.43. The average molecular weight is 338 g/mol. The number of benzene rings is 1. The minimum Gasteiger partial charge on any atom is -0.328 e. The number of nitrogens with one attached hydrogen (secondary N) is 1. The number of likely N-dealkylation sites (tertiary alicyclic amines) is 1. The lowest BCUT2D eigenvalue weighted by Gasteiger charge is -2.29. The van der Waals surface area contributed by atoms with Crippen LogP contribution in [0.3, 0.4) is 0 Å². The maximum Gasteiger partial charge on any atom is 0.416 e. The van der Waals surface area contributed by atoms with Crippen molar-refractivity contribution in [2.45, 2.75) is 25.1 Å². The van der Waals surface area contributed by atoms with E-state index in [0.717, 1.165) is 38.1 Å². The highest BCUT2D eigenvalue weighted by molar-refractivity contribution is 5.92. The Morgan fingerprint density at radius 2 is 1.77 bits per heavy atom. The Morgan fingerprint density at radius 3 is 2.27 bits per heavy atom. The normalized spacial score (nSPS) is 16.9. The molecule has 0 aromatic heterocycles. The van der Waals surface area contributed by atoms with Crippen molar-refractivity contribution in [2.24, 2.45) is 5.73 Å². The van der Waals surface area contributed by atoms with Crippen LogP contribution in [0, 0.1) is 0 Å². The van der Waals surface area contributed by atoms with E-state index in [2.05, 4.69) is 5.32 Å². The van der Waals surface area contributed by atoms with Crippen molar-refractivity contribution in [1.29, 1.82) is 0 Å². The van der Waals surface area contributed by atoms with Crippen LogP contribution in [-0.4, -0.2) is 36.5 Å². The number of alkyl halides is 3. The van der Waals surface area contributed by atoms with E-state index in [9.17, 15) is 18.0 Å². The van der Waals surface area contributed by atoms with Crippen LogP contribution in [0.5, 0.6) is 0 Å². The summed E-state index contributed by atoms with van der Waals surface area (Å²) in [5.41, 5.74) is 5.41. The van der Waals surface area contributed by atoms with Crippen molar-refractivity contribution in [3.05, 3.63) is 29.8 Å². The largest absolute Gasteiger partial charge is 0.416 e. The van der Waals surface area contributed by atoms with Gasteiger partial charge in [-0.05, 0) is 37.1 Å². The topological polar surface area (TPSA) is 58.4 Å². The second-order valence-electron chi connectivity index (χ2n) is 5.24. The van der Waals surface area contributed by atoms with E-state index in [1.165, 1.54) is 12.1 Å². The Labute approximate surface area is 133 Å². The van der Waals surface area contributed by atoms with Crippen molar-refractivity contribution >= 4 is 24.0 Å². The fourth-order valence-corrected chi connectivity index (χ4v) is 2.26. The number of anilines is 1. The maximum absolute atomic E-state index is 12.4. The molecule has 3 N–H and O–H groups in total. The third-order valence-corrected chi connectivity index (χ3v) is 3.50. The number of amides is 1. The average Bonchev–Trinajstić information content (AvgIpc) is 2.41. The van der Waals surface area contributed by atoms with Crippen LogP contribution < -0.4 is 11.1 Å². The number of rotatable bonds is 3. The van der Waals surface area contributed by atoms with Crippen molar-refractivity contribution < 1.29 is 18.0 Å². The molecule has 22 heavy (non-hydrogen) atoms. The first-order chi connectivity index (χ1) is 9.84. The van der Waals surface area contributed by atoms with Crippen LogP contribution in [-0.2, 0) is 11.0 Å². The van der Waals surface area contributed by atoms with Crippen LogP contribution in [0.2, 0.25) is 0 Å². The predicted octanol–water partition coefficient (Wildman–Crippen LogP) is 2.49. The van der Waals surface area contributed by atoms with Gasteiger partial charge >= 0.3 is 6.18 Å². The summed E-state index contributed by atoms with van der Waals surface area (Å²) in [6.45, 7) is 1.76. The number of carbonyl (C=O) groups excluding carboxylic acids is 1. The van der Waals surface area contributed by atoms with Gasteiger partial charge < -0.3 is 11.1 Å². The Kier molecular flexibility index (Phi) is 6.65. The van der Waals surface area contributed by atoms with Crippen molar-refractivity contribution in [3.63, 3.8) is 0 Å². The lowest BCUT2D eigenvalue weighted by atomic mass is 10.1. The van der Waals surface area contributed by atoms with Crippen LogP contribution >= 0.6 is 12.4 Å². The van der Waals surface area contributed by atoms with E-state index in [1.54, 1.807) is 0 Å². The van der Waals surface area contributed by atoms with E-state index in [1.807, 2.05) is 4.90 Å². The highest BCUT2D eigenvalue weighted by Gasteiger charge is 2.30. The standard InChI is InChI=1S/C14H18F3N3O.ClH/c15-14(16,17)10-1-3-12(4-2-10)19-13(21)9-20-7-5-11(18)6-8-20;/h1-4,11H,5-9,18H2,(H,19,21);1H. The van der Waals surface area contributed by atoms with Gasteiger partial charge in [-0.25, -0.2) is 0 Å². The summed E-state index contributed by atoms with van der Waals surface area (Å²) in [6.07, 6.45) is -2.66. The van der Waals surface area contributed by atoms with Gasteiger partial charge in [-0.15, -0.1) is 12.4 Å². The highest BCUT2D eigenvalue weighted by atomic mass is 35.5. The molecule has 1 fully saturated rings. The van der Waals surface area contributed by atoms with Crippen LogP contribution in [0.15, 0.2) is 24.3 Å². The Balaban J connectivity index is 0.00000242. The predicted molar refractivity (Wildman–Crippen MR) is 81.0 cm³/mol. The van der Waals surface area contributed by atoms with Gasteiger partial charge in [0.25, 0.3) is 0 Å². The highest BCUT2D eigenvalue weighted by Crippen LogP contribution is 2.29. The van der Waals surface area contributed by atoms with E-state index >= 15 is 0 Å². The summed E-state index contributed by atoms with van der Waals surface area (Å²) >= 11 is 0. The van der Waals surface area contributed by atoms with Crippen molar-refractivity contribution in [2.75, 3.05) is 25.0 Å². The first kappa shape index (κ1) is 18.7. The number of halogens is 4. The molecule has 0 atom stereocenters. The molecule has 1 saturated heterocycles. The lowest BCUT2D eigenvalue weighted by molar-refractivity contribution is -0.137. The summed E-state index contributed by atoms with van der Waals surface area (Å²) in [7, 11) is 0. The van der Waals surface area contributed by atoms with Gasteiger partial charge in [-0.2, -0.15) is 13.2 Å². The first-order valence-corrected chi connectivity index (χ1v) is 6.79. The molecular weight excluding hydrogens is 319 g/mol. The van der Waals surface area contributed by atoms with E-state index in [4.69, 9.17) is 5.73 Å². The van der Waals surface area contributed by atoms with Gasteiger partial charge in [0.2, 0.25) is 5.91 Å². The molecule has 0 bridgehead atoms. The van der Waals surface area contributed by atoms with Crippen LogP contribution in [0.25, 0.3) is 0 Å². The summed E-state index contributed by atoms with van der Waals surface area (Å²) in [5.74, 6) is -0.231. The molecule has 1 heterocycles. The fraction of sp³-hybridized carbons (Fsp3) is 0.500. The van der Waals surface area contributed by atoms with Gasteiger partial charge in [0.15, 0.2) is 0 Å². The molecule has 0 radical (unpaired) electrons. The van der Waals surface area contributed by atoms with Crippen LogP contribution in [0.4, 0.5) is 18.9 Å². The Hall–Kier alpha value is -1.31. The summed E-state index contributed by atoms with van der Waals surface area (Å²) in [5, 5.41) is 2.60. The first-order valence-electron chi connectivity index (χ1n) is 6.79. The number of hydrogen-bond donors (Lipinski definition) is 2. The monoisotopic (exact) mass is 337 g/mol. The summed E-state index contributed by atoms with van der Waals surface area (Å²) < 4.78 is 37.3. The van der Waals surface area contributed by atoms with Crippen LogP contribution in [0.1, 0.15) is 18.4 Å². The molecule has 0 saturated carbocycles. The SMILES string of the molecule is Cl.NC1CCN(CC(=O)Nc2ccc(C(F)(F)F)cc2)CC1. The molecule has 124 valence electrons. The molecule has 0 spiro atoms. The van der Waals surface area contributed by atoms with Gasteiger partial charge in [0.05, 0.1) is 12.1 Å². The van der Waals surface area contributed by atoms with E-state index in [0.29, 0.717) is 5.69 Å². The fourth-order valence-electron chi connectivity index (χ4n) is 2.26. The molecule has 1 aromatic carbocycles. The molecule has 0 unspecified atom stereocenters. The minimum absolute atomic E-state index is 0. The zero-order valence-electron chi connectivity index (χ0n) is 11.9. The van der Waals surface area contributed by atoms with Crippen molar-refractivity contribution in [1.82, 2.24) is 4.90 Å². The summed E-state index contributed by atoms with van der Waals surface area (Å²) in [6, 6.07) is 4.62. The quantitative estimate of drug-likeness (QED) is 0.891. The van der Waals surface area contributed by atoms with Gasteiger partial charge in [-0.3, -0.25) is 9.69 Å². The molecule has 1 aromatic rings. The summed E-state index contributed by atoms with van der Waals surface area (Å²) in [4.78, 5) is 13.8. The Bertz CT molecular complexity index is 485. The van der Waals surface area contributed by atoms with Gasteiger partial charge in [-0.1, -0.05) is 0 Å². The Morgan fingerprint density at radius 1 is 1.23 bits per heavy atom. The van der Waals surface area contributed by atoms with E-state index in [-0.39, 0.29) is 30.9 Å². The number of hydrogen-bond acceptors (Lipinski definition) is 3.